The number of rotatable bonds is 5. The van der Waals surface area contributed by atoms with Gasteiger partial charge in [0.25, 0.3) is 6.71 Å². The smallest absolute Gasteiger partial charge is 0.264 e. The number of fused-ring (bicyclic) bond motifs is 6. The average Bonchev–Trinajstić information content (AvgIpc) is 3.68. The second kappa shape index (κ2) is 14.6. The molecule has 0 atom stereocenters. The Morgan fingerprint density at radius 1 is 0.531 bits per heavy atom. The number of hydrogen-bond donors (Lipinski definition) is 0. The maximum Gasteiger partial charge on any atom is 0.264 e. The molecule has 3 heterocycles. The van der Waals surface area contributed by atoms with Crippen LogP contribution in [0.1, 0.15) is 134 Å². The van der Waals surface area contributed by atoms with Crippen molar-refractivity contribution in [2.75, 3.05) is 9.80 Å². The molecule has 64 heavy (non-hydrogen) atoms. The van der Waals surface area contributed by atoms with Crippen molar-refractivity contribution < 1.29 is 0 Å². The summed E-state index contributed by atoms with van der Waals surface area (Å²) in [6, 6.07) is 51.4. The second-order valence-electron chi connectivity index (χ2n) is 23.0. The van der Waals surface area contributed by atoms with Crippen molar-refractivity contribution in [2.24, 2.45) is 0 Å². The topological polar surface area (TPSA) is 6.48 Å². The van der Waals surface area contributed by atoms with Crippen molar-refractivity contribution >= 4 is 67.9 Å². The lowest BCUT2D eigenvalue weighted by molar-refractivity contribution is 0.339. The highest BCUT2D eigenvalue weighted by atomic mass is 32.1. The molecule has 2 nitrogen and oxygen atoms in total. The van der Waals surface area contributed by atoms with E-state index >= 15 is 0 Å². The van der Waals surface area contributed by atoms with Crippen LogP contribution in [0.4, 0.5) is 34.1 Å². The van der Waals surface area contributed by atoms with Gasteiger partial charge in [0, 0.05) is 43.4 Å². The molecule has 1 aliphatic carbocycles. The third kappa shape index (κ3) is 6.72. The van der Waals surface area contributed by atoms with E-state index in [9.17, 15) is 0 Å². The molecule has 0 spiro atoms. The van der Waals surface area contributed by atoms with Crippen molar-refractivity contribution in [1.82, 2.24) is 0 Å². The second-order valence-corrected chi connectivity index (χ2v) is 24.1. The summed E-state index contributed by atoms with van der Waals surface area (Å²) >= 11 is 2.11. The van der Waals surface area contributed by atoms with Crippen LogP contribution in [0.2, 0.25) is 0 Å². The van der Waals surface area contributed by atoms with E-state index in [2.05, 4.69) is 245 Å². The molecule has 0 saturated heterocycles. The van der Waals surface area contributed by atoms with Gasteiger partial charge in [0.2, 0.25) is 0 Å². The van der Waals surface area contributed by atoms with Gasteiger partial charge in [-0.05, 0) is 134 Å². The van der Waals surface area contributed by atoms with Gasteiger partial charge in [0.05, 0.1) is 11.4 Å². The first-order valence-corrected chi connectivity index (χ1v) is 24.4. The Kier molecular flexibility index (Phi) is 9.72. The van der Waals surface area contributed by atoms with Gasteiger partial charge in [-0.25, -0.2) is 0 Å². The molecule has 0 N–H and O–H groups in total. The van der Waals surface area contributed by atoms with E-state index in [0.29, 0.717) is 0 Å². The molecule has 2 aliphatic heterocycles. The maximum absolute atomic E-state index is 2.70. The van der Waals surface area contributed by atoms with Gasteiger partial charge in [-0.1, -0.05) is 174 Å². The molecule has 0 radical (unpaired) electrons. The van der Waals surface area contributed by atoms with Gasteiger partial charge >= 0.3 is 0 Å². The monoisotopic (exact) mass is 856 g/mol. The molecule has 1 aromatic heterocycles. The number of aryl methyl sites for hydroxylation is 1. The third-order valence-corrected chi connectivity index (χ3v) is 16.7. The van der Waals surface area contributed by atoms with Gasteiger partial charge in [0.1, 0.15) is 0 Å². The van der Waals surface area contributed by atoms with Crippen LogP contribution in [0.15, 0.2) is 133 Å². The summed E-state index contributed by atoms with van der Waals surface area (Å²) in [6.07, 6.45) is 2.34. The van der Waals surface area contributed by atoms with Crippen LogP contribution >= 0.6 is 11.3 Å². The normalized spacial score (nSPS) is 16.2. The predicted molar refractivity (Wildman–Crippen MR) is 280 cm³/mol. The fourth-order valence-corrected chi connectivity index (χ4v) is 12.7. The lowest BCUT2D eigenvalue weighted by Gasteiger charge is -2.46. The summed E-state index contributed by atoms with van der Waals surface area (Å²) in [6.45, 7) is 31.1. The number of benzene rings is 6. The molecule has 10 rings (SSSR count). The summed E-state index contributed by atoms with van der Waals surface area (Å²) < 4.78 is 1.48. The first kappa shape index (κ1) is 42.6. The third-order valence-electron chi connectivity index (χ3n) is 15.1. The fraction of sp³-hybridized carbons (Fsp3) is 0.333. The molecule has 0 saturated carbocycles. The Morgan fingerprint density at radius 3 is 1.73 bits per heavy atom. The molecule has 0 fully saturated rings. The van der Waals surface area contributed by atoms with Crippen molar-refractivity contribution in [3.05, 3.63) is 172 Å². The van der Waals surface area contributed by atoms with Crippen LogP contribution in [0.25, 0.3) is 11.1 Å². The first-order valence-electron chi connectivity index (χ1n) is 23.6. The number of nitrogens with zero attached hydrogens (tertiary/aromatic N) is 2. The summed E-state index contributed by atoms with van der Waals surface area (Å²) in [5.74, 6) is 0. The largest absolute Gasteiger partial charge is 0.311 e. The number of hydrogen-bond acceptors (Lipinski definition) is 3. The molecule has 6 aromatic carbocycles. The highest BCUT2D eigenvalue weighted by Gasteiger charge is 2.51. The highest BCUT2D eigenvalue weighted by Crippen LogP contribution is 2.57. The molecular formula is C60H65BN2S. The van der Waals surface area contributed by atoms with Crippen LogP contribution in [-0.2, 0) is 27.1 Å². The van der Waals surface area contributed by atoms with Gasteiger partial charge < -0.3 is 9.80 Å². The fourth-order valence-electron chi connectivity index (χ4n) is 11.0. The van der Waals surface area contributed by atoms with E-state index in [1.807, 2.05) is 0 Å². The van der Waals surface area contributed by atoms with Crippen molar-refractivity contribution in [2.45, 2.75) is 130 Å². The zero-order valence-corrected chi connectivity index (χ0v) is 41.3. The van der Waals surface area contributed by atoms with E-state index in [-0.39, 0.29) is 33.8 Å². The van der Waals surface area contributed by atoms with Gasteiger partial charge in [0.15, 0.2) is 0 Å². The molecule has 0 unspecified atom stereocenters. The molecule has 7 aromatic rings. The van der Waals surface area contributed by atoms with Crippen LogP contribution in [0.5, 0.6) is 0 Å². The minimum atomic E-state index is -0.210. The minimum Gasteiger partial charge on any atom is -0.311 e. The summed E-state index contributed by atoms with van der Waals surface area (Å²) in [5.41, 5.74) is 21.0. The number of thiophene rings is 1. The van der Waals surface area contributed by atoms with Gasteiger partial charge in [-0.2, -0.15) is 11.3 Å². The van der Waals surface area contributed by atoms with Crippen molar-refractivity contribution in [3.8, 4) is 11.1 Å². The Hall–Kier alpha value is -5.32. The Bertz CT molecular complexity index is 2940. The van der Waals surface area contributed by atoms with Crippen molar-refractivity contribution in [3.63, 3.8) is 0 Å². The molecule has 3 aliphatic rings. The lowest BCUT2D eigenvalue weighted by atomic mass is 9.35. The number of anilines is 6. The zero-order valence-electron chi connectivity index (χ0n) is 40.5. The van der Waals surface area contributed by atoms with Crippen LogP contribution < -0.4 is 25.5 Å². The van der Waals surface area contributed by atoms with Gasteiger partial charge in [-0.3, -0.25) is 0 Å². The van der Waals surface area contributed by atoms with Crippen LogP contribution in [-0.4, -0.2) is 6.71 Å². The molecule has 0 bridgehead atoms. The lowest BCUT2D eigenvalue weighted by Crippen LogP contribution is -2.61. The molecular weight excluding hydrogens is 792 g/mol. The first-order chi connectivity index (χ1) is 30.2. The van der Waals surface area contributed by atoms with Gasteiger partial charge in [-0.15, -0.1) is 0 Å². The quantitative estimate of drug-likeness (QED) is 0.159. The zero-order chi connectivity index (χ0) is 45.3. The standard InChI is InChI=1S/C60H65BN2S/c1-38-34-49-52-50(35-38)63(47-30-26-42(57(5,6)7)36-45(47)39-20-16-14-17-21-39)48-31-27-43(60(12,13)41-22-18-15-19-23-41)37-46(48)61(52)55-53(51-54(64-55)59(10,11)33-32-58(51,8)9)62(49)44-28-24-40(25-29-44)56(2,3)4/h14-31,34-37H,32-33H2,1-13H3. The molecule has 324 valence electrons. The van der Waals surface area contributed by atoms with E-state index in [4.69, 9.17) is 0 Å². The highest BCUT2D eigenvalue weighted by molar-refractivity contribution is 7.29. The van der Waals surface area contributed by atoms with E-state index in [0.717, 1.165) is 6.42 Å². The summed E-state index contributed by atoms with van der Waals surface area (Å²) in [7, 11) is 0. The van der Waals surface area contributed by atoms with Crippen molar-refractivity contribution in [1.29, 1.82) is 0 Å². The summed E-state index contributed by atoms with van der Waals surface area (Å²) in [4.78, 5) is 6.90. The Labute approximate surface area is 388 Å². The molecule has 4 heteroatoms. The van der Waals surface area contributed by atoms with E-state index in [1.165, 1.54) is 95.2 Å². The Balaban J connectivity index is 1.33. The van der Waals surface area contributed by atoms with Crippen LogP contribution in [0, 0.1) is 6.92 Å². The summed E-state index contributed by atoms with van der Waals surface area (Å²) in [5, 5.41) is 0. The van der Waals surface area contributed by atoms with E-state index < -0.39 is 0 Å². The van der Waals surface area contributed by atoms with Crippen LogP contribution in [0.3, 0.4) is 0 Å². The van der Waals surface area contributed by atoms with E-state index in [1.54, 1.807) is 10.4 Å². The SMILES string of the molecule is Cc1cc2c3c(c1)N(c1ccc(C(C)(C)C)cc1)c1c(sc4c1C(C)(C)CCC4(C)C)B3c1cc(C(C)(C)c3ccccc3)ccc1N2c1ccc(C(C)(C)C)cc1-c1ccccc1. The minimum absolute atomic E-state index is 0.00728. The average molecular weight is 857 g/mol. The molecule has 0 amide bonds. The predicted octanol–water partition coefficient (Wildman–Crippen LogP) is 15.1. The maximum atomic E-state index is 2.70. The Morgan fingerprint density at radius 2 is 1.09 bits per heavy atom.